The first kappa shape index (κ1) is 13.9. The summed E-state index contributed by atoms with van der Waals surface area (Å²) in [7, 11) is 0. The summed E-state index contributed by atoms with van der Waals surface area (Å²) >= 11 is 12.0. The second-order valence-electron chi connectivity index (χ2n) is 4.41. The van der Waals surface area contributed by atoms with Crippen LogP contribution in [-0.2, 0) is 9.63 Å². The number of rotatable bonds is 2. The van der Waals surface area contributed by atoms with Crippen molar-refractivity contribution in [2.75, 3.05) is 0 Å². The number of hydrogen-bond acceptors (Lipinski definition) is 3. The molecule has 1 aliphatic heterocycles. The van der Waals surface area contributed by atoms with Gasteiger partial charge in [-0.1, -0.05) is 58.7 Å². The summed E-state index contributed by atoms with van der Waals surface area (Å²) in [4.78, 5) is 16.6. The SMILES string of the molecule is O=C1ON=C(c2ccc(Cl)cc2)C1=Cc1ccccc1Cl. The molecule has 104 valence electrons. The Bertz CT molecular complexity index is 764. The first-order valence-corrected chi connectivity index (χ1v) is 6.92. The fourth-order valence-corrected chi connectivity index (χ4v) is 2.29. The van der Waals surface area contributed by atoms with Crippen LogP contribution in [0.5, 0.6) is 0 Å². The summed E-state index contributed by atoms with van der Waals surface area (Å²) in [5.74, 6) is -0.500. The van der Waals surface area contributed by atoms with Crippen molar-refractivity contribution < 1.29 is 9.63 Å². The Morgan fingerprint density at radius 3 is 2.43 bits per heavy atom. The average Bonchev–Trinajstić information content (AvgIpc) is 2.84. The monoisotopic (exact) mass is 317 g/mol. The second-order valence-corrected chi connectivity index (χ2v) is 5.25. The summed E-state index contributed by atoms with van der Waals surface area (Å²) < 4.78 is 0. The molecule has 0 saturated heterocycles. The molecule has 2 aromatic carbocycles. The third-order valence-electron chi connectivity index (χ3n) is 3.02. The predicted octanol–water partition coefficient (Wildman–Crippen LogP) is 4.34. The highest BCUT2D eigenvalue weighted by atomic mass is 35.5. The number of oxime groups is 1. The smallest absolute Gasteiger partial charge is 0.312 e. The van der Waals surface area contributed by atoms with Crippen molar-refractivity contribution in [2.24, 2.45) is 5.16 Å². The molecular formula is C16H9Cl2NO2. The van der Waals surface area contributed by atoms with Crippen LogP contribution in [0.1, 0.15) is 11.1 Å². The largest absolute Gasteiger partial charge is 0.368 e. The topological polar surface area (TPSA) is 38.7 Å². The number of carbonyl (C=O) groups is 1. The van der Waals surface area contributed by atoms with Crippen molar-refractivity contribution in [1.29, 1.82) is 0 Å². The molecule has 0 unspecified atom stereocenters. The summed E-state index contributed by atoms with van der Waals surface area (Å²) in [5.41, 5.74) is 2.32. The summed E-state index contributed by atoms with van der Waals surface area (Å²) in [6.07, 6.45) is 1.67. The Balaban J connectivity index is 2.04. The van der Waals surface area contributed by atoms with E-state index in [2.05, 4.69) is 5.16 Å². The lowest BCUT2D eigenvalue weighted by Gasteiger charge is -2.02. The van der Waals surface area contributed by atoms with Crippen LogP contribution in [0.15, 0.2) is 59.3 Å². The van der Waals surface area contributed by atoms with Crippen molar-refractivity contribution in [1.82, 2.24) is 0 Å². The van der Waals surface area contributed by atoms with Gasteiger partial charge in [-0.15, -0.1) is 0 Å². The molecule has 3 nitrogen and oxygen atoms in total. The highest BCUT2D eigenvalue weighted by molar-refractivity contribution is 6.34. The van der Waals surface area contributed by atoms with E-state index in [9.17, 15) is 4.79 Å². The molecule has 0 amide bonds. The normalized spacial score (nSPS) is 16.0. The molecule has 1 aliphatic rings. The average molecular weight is 318 g/mol. The molecule has 2 aromatic rings. The van der Waals surface area contributed by atoms with Gasteiger partial charge in [0, 0.05) is 15.6 Å². The lowest BCUT2D eigenvalue weighted by molar-refractivity contribution is -0.136. The minimum Gasteiger partial charge on any atom is -0.312 e. The van der Waals surface area contributed by atoms with Gasteiger partial charge in [-0.05, 0) is 29.8 Å². The number of benzene rings is 2. The second kappa shape index (κ2) is 5.72. The van der Waals surface area contributed by atoms with Crippen molar-refractivity contribution in [3.05, 3.63) is 75.3 Å². The van der Waals surface area contributed by atoms with Crippen molar-refractivity contribution in [3.8, 4) is 0 Å². The van der Waals surface area contributed by atoms with Crippen LogP contribution >= 0.6 is 23.2 Å². The molecule has 21 heavy (non-hydrogen) atoms. The lowest BCUT2D eigenvalue weighted by Crippen LogP contribution is -2.06. The van der Waals surface area contributed by atoms with E-state index in [1.54, 1.807) is 36.4 Å². The Morgan fingerprint density at radius 1 is 1.00 bits per heavy atom. The van der Waals surface area contributed by atoms with E-state index in [4.69, 9.17) is 28.0 Å². The molecular weight excluding hydrogens is 309 g/mol. The molecule has 1 heterocycles. The van der Waals surface area contributed by atoms with Gasteiger partial charge < -0.3 is 4.84 Å². The van der Waals surface area contributed by atoms with Gasteiger partial charge >= 0.3 is 5.97 Å². The number of carbonyl (C=O) groups excluding carboxylic acids is 1. The molecule has 0 fully saturated rings. The van der Waals surface area contributed by atoms with Gasteiger partial charge in [-0.2, -0.15) is 0 Å². The quantitative estimate of drug-likeness (QED) is 0.610. The van der Waals surface area contributed by atoms with E-state index in [-0.39, 0.29) is 0 Å². The molecule has 0 aliphatic carbocycles. The number of halogens is 2. The fourth-order valence-electron chi connectivity index (χ4n) is 1.97. The van der Waals surface area contributed by atoms with E-state index in [1.165, 1.54) is 0 Å². The van der Waals surface area contributed by atoms with Crippen LogP contribution < -0.4 is 0 Å². The van der Waals surface area contributed by atoms with Crippen LogP contribution in [0, 0.1) is 0 Å². The predicted molar refractivity (Wildman–Crippen MR) is 83.5 cm³/mol. The van der Waals surface area contributed by atoms with Crippen molar-refractivity contribution >= 4 is 41.0 Å². The Kier molecular flexibility index (Phi) is 3.78. The summed E-state index contributed by atoms with van der Waals surface area (Å²) in [5, 5.41) is 5.00. The van der Waals surface area contributed by atoms with Crippen LogP contribution in [0.4, 0.5) is 0 Å². The van der Waals surface area contributed by atoms with Gasteiger partial charge in [0.25, 0.3) is 0 Å². The van der Waals surface area contributed by atoms with Crippen molar-refractivity contribution in [3.63, 3.8) is 0 Å². The van der Waals surface area contributed by atoms with E-state index in [0.29, 0.717) is 21.3 Å². The summed E-state index contributed by atoms with van der Waals surface area (Å²) in [6.45, 7) is 0. The molecule has 0 saturated carbocycles. The zero-order chi connectivity index (χ0) is 14.8. The standard InChI is InChI=1S/C16H9Cl2NO2/c17-12-7-5-10(6-8-12)15-13(16(20)21-19-15)9-11-3-1-2-4-14(11)18/h1-9H. The first-order valence-electron chi connectivity index (χ1n) is 6.17. The maximum Gasteiger partial charge on any atom is 0.368 e. The van der Waals surface area contributed by atoms with Crippen LogP contribution in [0.2, 0.25) is 10.0 Å². The van der Waals surface area contributed by atoms with Gasteiger partial charge in [0.15, 0.2) is 0 Å². The third-order valence-corrected chi connectivity index (χ3v) is 3.61. The molecule has 0 N–H and O–H groups in total. The Labute approximate surface area is 131 Å². The van der Waals surface area contributed by atoms with Crippen molar-refractivity contribution in [2.45, 2.75) is 0 Å². The molecule has 0 radical (unpaired) electrons. The van der Waals surface area contributed by atoms with Gasteiger partial charge in [0.1, 0.15) is 5.71 Å². The zero-order valence-corrected chi connectivity index (χ0v) is 12.2. The van der Waals surface area contributed by atoms with E-state index >= 15 is 0 Å². The van der Waals surface area contributed by atoms with E-state index in [0.717, 1.165) is 11.1 Å². The third kappa shape index (κ3) is 2.84. The highest BCUT2D eigenvalue weighted by Gasteiger charge is 2.26. The fraction of sp³-hybridized carbons (Fsp3) is 0. The Morgan fingerprint density at radius 2 is 1.71 bits per heavy atom. The molecule has 0 bridgehead atoms. The number of hydrogen-bond donors (Lipinski definition) is 0. The maximum absolute atomic E-state index is 11.9. The minimum atomic E-state index is -0.500. The maximum atomic E-state index is 11.9. The minimum absolute atomic E-state index is 0.366. The van der Waals surface area contributed by atoms with Crippen LogP contribution in [-0.4, -0.2) is 11.7 Å². The van der Waals surface area contributed by atoms with Crippen LogP contribution in [0.3, 0.4) is 0 Å². The summed E-state index contributed by atoms with van der Waals surface area (Å²) in [6, 6.07) is 14.3. The molecule has 0 atom stereocenters. The molecule has 3 rings (SSSR count). The highest BCUT2D eigenvalue weighted by Crippen LogP contribution is 2.24. The van der Waals surface area contributed by atoms with Gasteiger partial charge in [0.05, 0.1) is 5.57 Å². The van der Waals surface area contributed by atoms with Gasteiger partial charge in [-0.25, -0.2) is 4.79 Å². The van der Waals surface area contributed by atoms with Gasteiger partial charge in [0.2, 0.25) is 0 Å². The Hall–Kier alpha value is -2.10. The number of nitrogens with zero attached hydrogens (tertiary/aromatic N) is 1. The molecule has 0 aromatic heterocycles. The molecule has 0 spiro atoms. The molecule has 5 heteroatoms. The van der Waals surface area contributed by atoms with Gasteiger partial charge in [-0.3, -0.25) is 0 Å². The van der Waals surface area contributed by atoms with E-state index < -0.39 is 5.97 Å². The lowest BCUT2D eigenvalue weighted by atomic mass is 10.0. The first-order chi connectivity index (χ1) is 10.1. The zero-order valence-electron chi connectivity index (χ0n) is 10.7. The van der Waals surface area contributed by atoms with Crippen LogP contribution in [0.25, 0.3) is 6.08 Å². The van der Waals surface area contributed by atoms with E-state index in [1.807, 2.05) is 18.2 Å².